The molecule has 110 valence electrons. The normalized spacial score (nSPS) is 15.8. The fourth-order valence-corrected chi connectivity index (χ4v) is 2.10. The van der Waals surface area contributed by atoms with Crippen LogP contribution >= 0.6 is 0 Å². The van der Waals surface area contributed by atoms with Crippen molar-refractivity contribution in [3.05, 3.63) is 29.6 Å². The van der Waals surface area contributed by atoms with E-state index < -0.39 is 0 Å². The molecule has 0 spiro atoms. The van der Waals surface area contributed by atoms with E-state index in [0.717, 1.165) is 12.8 Å². The van der Waals surface area contributed by atoms with Crippen molar-refractivity contribution in [2.75, 3.05) is 13.7 Å². The summed E-state index contributed by atoms with van der Waals surface area (Å²) >= 11 is 0. The topological polar surface area (TPSA) is 55.6 Å². The summed E-state index contributed by atoms with van der Waals surface area (Å²) < 4.78 is 18.8. The van der Waals surface area contributed by atoms with Crippen LogP contribution in [0.4, 0.5) is 4.39 Å². The van der Waals surface area contributed by atoms with E-state index >= 15 is 0 Å². The summed E-state index contributed by atoms with van der Waals surface area (Å²) in [6.07, 6.45) is 2.64. The van der Waals surface area contributed by atoms with E-state index in [0.29, 0.717) is 23.8 Å². The Hall–Kier alpha value is -1.62. The molecule has 1 amide bonds. The van der Waals surface area contributed by atoms with Crippen molar-refractivity contribution in [1.29, 1.82) is 0 Å². The van der Waals surface area contributed by atoms with Gasteiger partial charge in [0.2, 0.25) is 0 Å². The maximum atomic E-state index is 13.3. The number of likely N-dealkylation sites (N-methyl/N-ethyl adjacent to an activating group) is 1. The highest BCUT2D eigenvalue weighted by Crippen LogP contribution is 2.26. The average molecular weight is 280 g/mol. The van der Waals surface area contributed by atoms with Gasteiger partial charge in [-0.2, -0.15) is 0 Å². The minimum absolute atomic E-state index is 0.0232. The predicted octanol–water partition coefficient (Wildman–Crippen LogP) is 1.71. The first-order valence-corrected chi connectivity index (χ1v) is 6.90. The number of benzene rings is 1. The van der Waals surface area contributed by atoms with Crippen LogP contribution in [0.1, 0.15) is 25.3 Å². The van der Waals surface area contributed by atoms with E-state index in [1.165, 1.54) is 12.1 Å². The first-order chi connectivity index (χ1) is 9.47. The maximum absolute atomic E-state index is 13.3. The van der Waals surface area contributed by atoms with Gasteiger partial charge in [0.15, 0.2) is 6.61 Å². The number of carbonyl (C=O) groups is 1. The number of hydrogen-bond acceptors (Lipinski definition) is 3. The van der Waals surface area contributed by atoms with E-state index in [1.807, 2.05) is 6.92 Å². The molecule has 0 saturated heterocycles. The smallest absolute Gasteiger partial charge is 0.260 e. The molecule has 1 fully saturated rings. The lowest BCUT2D eigenvalue weighted by Crippen LogP contribution is -2.33. The molecule has 1 unspecified atom stereocenters. The highest BCUT2D eigenvalue weighted by molar-refractivity contribution is 5.78. The van der Waals surface area contributed by atoms with Gasteiger partial charge in [-0.3, -0.25) is 4.79 Å². The SMILES string of the molecule is CC(N)Cc1cc(F)ccc1OCC(=O)N(C)C1CC1. The summed E-state index contributed by atoms with van der Waals surface area (Å²) in [7, 11) is 1.79. The van der Waals surface area contributed by atoms with E-state index in [-0.39, 0.29) is 24.4 Å². The fraction of sp³-hybridized carbons (Fsp3) is 0.533. The van der Waals surface area contributed by atoms with E-state index in [2.05, 4.69) is 0 Å². The zero-order valence-electron chi connectivity index (χ0n) is 11.9. The Morgan fingerprint density at radius 1 is 1.55 bits per heavy atom. The summed E-state index contributed by atoms with van der Waals surface area (Å²) in [5, 5.41) is 0. The number of nitrogens with zero attached hydrogens (tertiary/aromatic N) is 1. The molecule has 0 heterocycles. The predicted molar refractivity (Wildman–Crippen MR) is 75.0 cm³/mol. The molecule has 20 heavy (non-hydrogen) atoms. The molecule has 1 aliphatic rings. The molecule has 0 radical (unpaired) electrons. The summed E-state index contributed by atoms with van der Waals surface area (Å²) in [5.74, 6) is 0.152. The first kappa shape index (κ1) is 14.8. The summed E-state index contributed by atoms with van der Waals surface area (Å²) in [4.78, 5) is 13.6. The molecule has 1 saturated carbocycles. The number of nitrogens with two attached hydrogens (primary N) is 1. The van der Waals surface area contributed by atoms with Crippen LogP contribution in [0.2, 0.25) is 0 Å². The molecule has 1 aromatic carbocycles. The molecule has 5 heteroatoms. The first-order valence-electron chi connectivity index (χ1n) is 6.90. The largest absolute Gasteiger partial charge is 0.483 e. The molecule has 0 aliphatic heterocycles. The molecule has 1 aromatic rings. The standard InChI is InChI=1S/C15H21FN2O2/c1-10(17)7-11-8-12(16)3-6-14(11)20-9-15(19)18(2)13-4-5-13/h3,6,8,10,13H,4-5,7,9,17H2,1-2H3. The van der Waals surface area contributed by atoms with Crippen LogP contribution < -0.4 is 10.5 Å². The Kier molecular flexibility index (Phi) is 4.60. The second-order valence-corrected chi connectivity index (χ2v) is 5.46. The quantitative estimate of drug-likeness (QED) is 0.863. The number of halogens is 1. The Morgan fingerprint density at radius 3 is 2.85 bits per heavy atom. The average Bonchev–Trinajstić information content (AvgIpc) is 3.20. The molecular formula is C15H21FN2O2. The molecule has 0 bridgehead atoms. The Morgan fingerprint density at radius 2 is 2.25 bits per heavy atom. The van der Waals surface area contributed by atoms with Crippen LogP contribution in [-0.2, 0) is 11.2 Å². The van der Waals surface area contributed by atoms with Gasteiger partial charge in [0, 0.05) is 19.1 Å². The van der Waals surface area contributed by atoms with Crippen molar-refractivity contribution in [2.24, 2.45) is 5.73 Å². The third kappa shape index (κ3) is 3.93. The third-order valence-corrected chi connectivity index (χ3v) is 3.40. The molecule has 4 nitrogen and oxygen atoms in total. The second-order valence-electron chi connectivity index (χ2n) is 5.46. The van der Waals surface area contributed by atoms with Gasteiger partial charge in [0.05, 0.1) is 0 Å². The van der Waals surface area contributed by atoms with Crippen LogP contribution in [0.5, 0.6) is 5.75 Å². The van der Waals surface area contributed by atoms with E-state index in [4.69, 9.17) is 10.5 Å². The van der Waals surface area contributed by atoms with E-state index in [9.17, 15) is 9.18 Å². The zero-order valence-corrected chi connectivity index (χ0v) is 11.9. The van der Waals surface area contributed by atoms with Crippen molar-refractivity contribution >= 4 is 5.91 Å². The molecule has 2 rings (SSSR count). The van der Waals surface area contributed by atoms with Gasteiger partial charge in [-0.25, -0.2) is 4.39 Å². The lowest BCUT2D eigenvalue weighted by atomic mass is 10.1. The van der Waals surface area contributed by atoms with Crippen LogP contribution in [0.15, 0.2) is 18.2 Å². The molecule has 0 aromatic heterocycles. The second kappa shape index (κ2) is 6.22. The van der Waals surface area contributed by atoms with Gasteiger partial charge in [0.25, 0.3) is 5.91 Å². The van der Waals surface area contributed by atoms with Gasteiger partial charge in [-0.05, 0) is 49.9 Å². The third-order valence-electron chi connectivity index (χ3n) is 3.40. The van der Waals surface area contributed by atoms with Crippen molar-refractivity contribution in [2.45, 2.75) is 38.3 Å². The molecule has 1 aliphatic carbocycles. The zero-order chi connectivity index (χ0) is 14.7. The van der Waals surface area contributed by atoms with E-state index in [1.54, 1.807) is 18.0 Å². The lowest BCUT2D eigenvalue weighted by Gasteiger charge is -2.18. The van der Waals surface area contributed by atoms with Crippen LogP contribution in [0.25, 0.3) is 0 Å². The molecular weight excluding hydrogens is 259 g/mol. The fourth-order valence-electron chi connectivity index (χ4n) is 2.10. The van der Waals surface area contributed by atoms with Crippen molar-refractivity contribution < 1.29 is 13.9 Å². The summed E-state index contributed by atoms with van der Waals surface area (Å²) in [6.45, 7) is 1.82. The number of hydrogen-bond donors (Lipinski definition) is 1. The van der Waals surface area contributed by atoms with Crippen molar-refractivity contribution in [3.63, 3.8) is 0 Å². The highest BCUT2D eigenvalue weighted by atomic mass is 19.1. The van der Waals surface area contributed by atoms with Crippen molar-refractivity contribution in [3.8, 4) is 5.75 Å². The summed E-state index contributed by atoms with van der Waals surface area (Å²) in [6, 6.07) is 4.56. The van der Waals surface area contributed by atoms with Crippen LogP contribution in [0.3, 0.4) is 0 Å². The van der Waals surface area contributed by atoms with Crippen LogP contribution in [0, 0.1) is 5.82 Å². The van der Waals surface area contributed by atoms with Gasteiger partial charge < -0.3 is 15.4 Å². The van der Waals surface area contributed by atoms with Crippen molar-refractivity contribution in [1.82, 2.24) is 4.90 Å². The highest BCUT2D eigenvalue weighted by Gasteiger charge is 2.29. The Labute approximate surface area is 118 Å². The number of amides is 1. The number of rotatable bonds is 6. The minimum atomic E-state index is -0.325. The Balaban J connectivity index is 1.99. The lowest BCUT2D eigenvalue weighted by molar-refractivity contribution is -0.132. The van der Waals surface area contributed by atoms with Gasteiger partial charge in [0.1, 0.15) is 11.6 Å². The van der Waals surface area contributed by atoms with Crippen LogP contribution in [-0.4, -0.2) is 36.5 Å². The minimum Gasteiger partial charge on any atom is -0.483 e. The van der Waals surface area contributed by atoms with Gasteiger partial charge in [-0.15, -0.1) is 0 Å². The maximum Gasteiger partial charge on any atom is 0.260 e. The van der Waals surface area contributed by atoms with Gasteiger partial charge in [-0.1, -0.05) is 0 Å². The summed E-state index contributed by atoms with van der Waals surface area (Å²) in [5.41, 5.74) is 6.44. The van der Waals surface area contributed by atoms with Gasteiger partial charge >= 0.3 is 0 Å². The Bertz CT molecular complexity index is 487. The number of carbonyl (C=O) groups excluding carboxylic acids is 1. The molecule has 1 atom stereocenters. The monoisotopic (exact) mass is 280 g/mol. The molecule has 2 N–H and O–H groups in total. The number of ether oxygens (including phenoxy) is 1.